The molecule has 43 heavy (non-hydrogen) atoms. The molecule has 0 radical (unpaired) electrons. The number of piperidine rings is 1. The number of amides is 2. The number of rotatable bonds is 7. The number of halogens is 2. The molecule has 0 saturated carbocycles. The van der Waals surface area contributed by atoms with Gasteiger partial charge in [0, 0.05) is 34.8 Å². The second-order valence-corrected chi connectivity index (χ2v) is 12.4. The molecule has 0 spiro atoms. The third-order valence-electron chi connectivity index (χ3n) is 9.04. The van der Waals surface area contributed by atoms with Crippen LogP contribution in [-0.2, 0) is 24.3 Å². The van der Waals surface area contributed by atoms with E-state index in [4.69, 9.17) is 0 Å². The summed E-state index contributed by atoms with van der Waals surface area (Å²) < 4.78 is 31.6. The minimum atomic E-state index is -1.17. The van der Waals surface area contributed by atoms with Gasteiger partial charge >= 0.3 is 0 Å². The van der Waals surface area contributed by atoms with Crippen molar-refractivity contribution in [3.05, 3.63) is 88.2 Å². The van der Waals surface area contributed by atoms with Crippen molar-refractivity contribution in [1.29, 1.82) is 0 Å². The number of alkyl halides is 1. The Labute approximate surface area is 252 Å². The highest BCUT2D eigenvalue weighted by Crippen LogP contribution is 2.38. The maximum absolute atomic E-state index is 15.6. The standard InChI is InChI=1S/C32H32F2N6O2S/c1-2-38-10-7-21(8-11-38)19-3-5-20(6-4-19)22-13-24-25(26(34)14-22)17-40(31(24)42)29(30(41)37-32-35-9-12-43-32)28-27-15-23(33)16-39(27)18-36-28/h3-6,9,12-14,18,21,23,29H,2,7-8,10-11,15-17H2,1H3,(H,35,37,41). The van der Waals surface area contributed by atoms with E-state index < -0.39 is 29.8 Å². The Morgan fingerprint density at radius 1 is 1.14 bits per heavy atom. The molecule has 2 amide bonds. The molecule has 1 fully saturated rings. The van der Waals surface area contributed by atoms with Crippen LogP contribution in [0.15, 0.2) is 54.3 Å². The zero-order valence-electron chi connectivity index (χ0n) is 23.8. The second-order valence-electron chi connectivity index (χ2n) is 11.5. The summed E-state index contributed by atoms with van der Waals surface area (Å²) in [4.78, 5) is 39.9. The fourth-order valence-corrected chi connectivity index (χ4v) is 7.21. The first-order valence-corrected chi connectivity index (χ1v) is 15.6. The van der Waals surface area contributed by atoms with Gasteiger partial charge in [-0.3, -0.25) is 14.9 Å². The molecule has 2 unspecified atom stereocenters. The van der Waals surface area contributed by atoms with Crippen molar-refractivity contribution < 1.29 is 18.4 Å². The quantitative estimate of drug-likeness (QED) is 0.299. The molecule has 2 aromatic heterocycles. The number of anilines is 1. The molecule has 0 aliphatic carbocycles. The summed E-state index contributed by atoms with van der Waals surface area (Å²) in [7, 11) is 0. The monoisotopic (exact) mass is 602 g/mol. The average molecular weight is 603 g/mol. The number of hydrogen-bond donors (Lipinski definition) is 1. The molecular formula is C32H32F2N6O2S. The fraction of sp³-hybridized carbons (Fsp3) is 0.375. The number of thiazole rings is 1. The van der Waals surface area contributed by atoms with E-state index >= 15 is 4.39 Å². The number of aromatic nitrogens is 3. The number of hydrogen-bond acceptors (Lipinski definition) is 6. The van der Waals surface area contributed by atoms with Gasteiger partial charge in [-0.1, -0.05) is 31.2 Å². The topological polar surface area (TPSA) is 83.4 Å². The molecule has 1 saturated heterocycles. The van der Waals surface area contributed by atoms with E-state index in [0.29, 0.717) is 28.0 Å². The van der Waals surface area contributed by atoms with Gasteiger partial charge in [-0.2, -0.15) is 0 Å². The number of fused-ring (bicyclic) bond motifs is 2. The van der Waals surface area contributed by atoms with Gasteiger partial charge < -0.3 is 14.4 Å². The lowest BCUT2D eigenvalue weighted by Crippen LogP contribution is -2.38. The zero-order valence-corrected chi connectivity index (χ0v) is 24.6. The van der Waals surface area contributed by atoms with Crippen LogP contribution >= 0.6 is 11.3 Å². The van der Waals surface area contributed by atoms with Gasteiger partial charge in [0.15, 0.2) is 11.2 Å². The van der Waals surface area contributed by atoms with E-state index in [1.165, 1.54) is 34.2 Å². The van der Waals surface area contributed by atoms with Crippen LogP contribution in [0.25, 0.3) is 11.1 Å². The molecule has 8 nitrogen and oxygen atoms in total. The summed E-state index contributed by atoms with van der Waals surface area (Å²) in [5, 5.41) is 4.85. The van der Waals surface area contributed by atoms with Crippen molar-refractivity contribution >= 4 is 28.3 Å². The molecule has 4 aromatic rings. The van der Waals surface area contributed by atoms with Crippen LogP contribution in [0.1, 0.15) is 64.6 Å². The third kappa shape index (κ3) is 5.14. The van der Waals surface area contributed by atoms with Crippen LogP contribution in [0.3, 0.4) is 0 Å². The van der Waals surface area contributed by atoms with Crippen LogP contribution < -0.4 is 5.32 Å². The average Bonchev–Trinajstić information content (AvgIpc) is 3.81. The van der Waals surface area contributed by atoms with Crippen LogP contribution in [-0.4, -0.2) is 62.0 Å². The number of carbonyl (C=O) groups is 2. The molecule has 1 N–H and O–H groups in total. The van der Waals surface area contributed by atoms with Gasteiger partial charge in [0.1, 0.15) is 12.0 Å². The van der Waals surface area contributed by atoms with Crippen LogP contribution in [0.2, 0.25) is 0 Å². The summed E-state index contributed by atoms with van der Waals surface area (Å²) in [5.41, 5.74) is 4.03. The summed E-state index contributed by atoms with van der Waals surface area (Å²) >= 11 is 1.24. The molecule has 222 valence electrons. The Kier molecular flexibility index (Phi) is 7.30. The van der Waals surface area contributed by atoms with Crippen molar-refractivity contribution in [3.8, 4) is 11.1 Å². The van der Waals surface area contributed by atoms with Crippen LogP contribution in [0.5, 0.6) is 0 Å². The Morgan fingerprint density at radius 3 is 2.65 bits per heavy atom. The highest BCUT2D eigenvalue weighted by Gasteiger charge is 2.42. The van der Waals surface area contributed by atoms with E-state index in [9.17, 15) is 14.0 Å². The van der Waals surface area contributed by atoms with Crippen molar-refractivity contribution in [2.24, 2.45) is 0 Å². The van der Waals surface area contributed by atoms with Crippen molar-refractivity contribution in [1.82, 2.24) is 24.3 Å². The fourth-order valence-electron chi connectivity index (χ4n) is 6.68. The van der Waals surface area contributed by atoms with Crippen molar-refractivity contribution in [3.63, 3.8) is 0 Å². The predicted molar refractivity (Wildman–Crippen MR) is 160 cm³/mol. The normalized spacial score (nSPS) is 19.5. The number of carbonyl (C=O) groups excluding carboxylic acids is 2. The van der Waals surface area contributed by atoms with Gasteiger partial charge in [0.05, 0.1) is 25.1 Å². The number of benzene rings is 2. The molecule has 3 aliphatic heterocycles. The molecule has 0 bridgehead atoms. The van der Waals surface area contributed by atoms with Crippen LogP contribution in [0, 0.1) is 5.82 Å². The predicted octanol–water partition coefficient (Wildman–Crippen LogP) is 5.58. The Bertz CT molecular complexity index is 1660. The second kappa shape index (κ2) is 11.3. The molecule has 3 aliphatic rings. The Balaban J connectivity index is 1.17. The third-order valence-corrected chi connectivity index (χ3v) is 9.72. The number of likely N-dealkylation sites (tertiary alicyclic amines) is 1. The van der Waals surface area contributed by atoms with Gasteiger partial charge in [0.2, 0.25) is 0 Å². The lowest BCUT2D eigenvalue weighted by atomic mass is 9.88. The van der Waals surface area contributed by atoms with Gasteiger partial charge in [0.25, 0.3) is 11.8 Å². The summed E-state index contributed by atoms with van der Waals surface area (Å²) in [6.07, 6.45) is 4.30. The molecule has 5 heterocycles. The maximum Gasteiger partial charge on any atom is 0.255 e. The molecule has 2 atom stereocenters. The first-order valence-electron chi connectivity index (χ1n) is 14.7. The summed E-state index contributed by atoms with van der Waals surface area (Å²) in [6.45, 7) is 5.50. The minimum Gasteiger partial charge on any atom is -0.331 e. The highest BCUT2D eigenvalue weighted by molar-refractivity contribution is 7.13. The number of nitrogens with zero attached hydrogens (tertiary/aromatic N) is 5. The van der Waals surface area contributed by atoms with E-state index in [-0.39, 0.29) is 30.6 Å². The van der Waals surface area contributed by atoms with Gasteiger partial charge in [-0.15, -0.1) is 11.3 Å². The SMILES string of the molecule is CCN1CCC(c2ccc(-c3cc(F)c4c(c3)C(=O)N(C(C(=O)Nc3nccs3)c3ncn5c3CC(F)C5)C4)cc2)CC1. The van der Waals surface area contributed by atoms with Gasteiger partial charge in [-0.05, 0) is 67.2 Å². The lowest BCUT2D eigenvalue weighted by molar-refractivity contribution is -0.121. The number of imidazole rings is 1. The highest BCUT2D eigenvalue weighted by atomic mass is 32.1. The zero-order chi connectivity index (χ0) is 29.7. The van der Waals surface area contributed by atoms with E-state index in [0.717, 1.165) is 38.0 Å². The van der Waals surface area contributed by atoms with Gasteiger partial charge in [-0.25, -0.2) is 18.7 Å². The maximum atomic E-state index is 15.6. The summed E-state index contributed by atoms with van der Waals surface area (Å²) in [6, 6.07) is 10.2. The van der Waals surface area contributed by atoms with Crippen molar-refractivity contribution in [2.45, 2.75) is 57.4 Å². The number of nitrogens with one attached hydrogen (secondary N) is 1. The minimum absolute atomic E-state index is 0.0948. The Hall–Kier alpha value is -3.96. The van der Waals surface area contributed by atoms with E-state index in [1.54, 1.807) is 22.2 Å². The van der Waals surface area contributed by atoms with E-state index in [1.807, 2.05) is 12.1 Å². The first-order chi connectivity index (χ1) is 20.9. The smallest absolute Gasteiger partial charge is 0.255 e. The first kappa shape index (κ1) is 27.8. The molecule has 2 aromatic carbocycles. The largest absolute Gasteiger partial charge is 0.331 e. The molecular weight excluding hydrogens is 570 g/mol. The van der Waals surface area contributed by atoms with Crippen molar-refractivity contribution in [2.75, 3.05) is 25.0 Å². The molecule has 11 heteroatoms. The van der Waals surface area contributed by atoms with E-state index in [2.05, 4.69) is 39.2 Å². The Morgan fingerprint density at radius 2 is 1.93 bits per heavy atom. The summed E-state index contributed by atoms with van der Waals surface area (Å²) in [5.74, 6) is -0.989. The molecule has 7 rings (SSSR count). The lowest BCUT2D eigenvalue weighted by Gasteiger charge is -2.31. The van der Waals surface area contributed by atoms with Crippen LogP contribution in [0.4, 0.5) is 13.9 Å².